The minimum atomic E-state index is 0.574. The van der Waals surface area contributed by atoms with Crippen molar-refractivity contribution in [2.45, 2.75) is 57.1 Å². The maximum absolute atomic E-state index is 5.18. The first-order valence-corrected chi connectivity index (χ1v) is 5.94. The first-order chi connectivity index (χ1) is 6.31. The van der Waals surface area contributed by atoms with Gasteiger partial charge in [0.2, 0.25) is 0 Å². The van der Waals surface area contributed by atoms with E-state index in [9.17, 15) is 0 Å². The summed E-state index contributed by atoms with van der Waals surface area (Å²) in [7, 11) is 5.18. The Bertz CT molecular complexity index is 101. The third-order valence-corrected chi connectivity index (χ3v) is 2.77. The Morgan fingerprint density at radius 1 is 1.15 bits per heavy atom. The fourth-order valence-corrected chi connectivity index (χ4v) is 1.76. The minimum absolute atomic E-state index is 0.574. The molecule has 0 saturated carbocycles. The highest BCUT2D eigenvalue weighted by Gasteiger charge is 2.01. The van der Waals surface area contributed by atoms with Crippen molar-refractivity contribution in [1.82, 2.24) is 5.23 Å². The number of nitrogens with one attached hydrogen (secondary N) is 1. The monoisotopic (exact) mass is 199 g/mol. The molecule has 0 amide bonds. The first-order valence-electron chi connectivity index (χ1n) is 5.42. The van der Waals surface area contributed by atoms with E-state index in [-0.39, 0.29) is 0 Å². The lowest BCUT2D eigenvalue weighted by atomic mass is 10.1. The van der Waals surface area contributed by atoms with Crippen molar-refractivity contribution in [3.63, 3.8) is 0 Å². The van der Waals surface area contributed by atoms with Crippen LogP contribution >= 0.6 is 12.6 Å². The van der Waals surface area contributed by atoms with Gasteiger partial charge in [0.25, 0.3) is 0 Å². The Morgan fingerprint density at radius 3 is 2.46 bits per heavy atom. The fourth-order valence-electron chi connectivity index (χ4n) is 1.39. The van der Waals surface area contributed by atoms with Gasteiger partial charge in [-0.2, -0.15) is 12.6 Å². The van der Waals surface area contributed by atoms with Gasteiger partial charge in [-0.3, -0.25) is 0 Å². The molecule has 2 radical (unpaired) electrons. The van der Waals surface area contributed by atoms with Crippen LogP contribution in [0.2, 0.25) is 0 Å². The van der Waals surface area contributed by atoms with E-state index < -0.39 is 0 Å². The first kappa shape index (κ1) is 13.4. The molecule has 0 fully saturated rings. The molecule has 0 spiro atoms. The van der Waals surface area contributed by atoms with Crippen molar-refractivity contribution in [2.75, 3.05) is 6.54 Å². The zero-order valence-electron chi connectivity index (χ0n) is 8.76. The summed E-state index contributed by atoms with van der Waals surface area (Å²) in [6.45, 7) is 3.15. The SMILES string of the molecule is [B]NCCCC(S)CCCCCC. The van der Waals surface area contributed by atoms with Gasteiger partial charge in [0, 0.05) is 5.25 Å². The van der Waals surface area contributed by atoms with Crippen molar-refractivity contribution < 1.29 is 0 Å². The summed E-state index contributed by atoms with van der Waals surface area (Å²) in [6, 6.07) is 0. The molecular formula is C10H22BNS. The molecule has 13 heavy (non-hydrogen) atoms. The van der Waals surface area contributed by atoms with Crippen LogP contribution in [0.3, 0.4) is 0 Å². The molecule has 0 aromatic carbocycles. The number of rotatable bonds is 9. The summed E-state index contributed by atoms with van der Waals surface area (Å²) in [4.78, 5) is 0. The summed E-state index contributed by atoms with van der Waals surface area (Å²) < 4.78 is 0. The van der Waals surface area contributed by atoms with E-state index >= 15 is 0 Å². The van der Waals surface area contributed by atoms with Gasteiger partial charge >= 0.3 is 0 Å². The molecule has 1 nitrogen and oxygen atoms in total. The molecule has 0 aliphatic rings. The maximum atomic E-state index is 5.18. The number of hydrogen-bond acceptors (Lipinski definition) is 2. The molecule has 3 heteroatoms. The van der Waals surface area contributed by atoms with Gasteiger partial charge in [-0.1, -0.05) is 32.6 Å². The summed E-state index contributed by atoms with van der Waals surface area (Å²) in [5, 5.41) is 3.24. The van der Waals surface area contributed by atoms with Crippen molar-refractivity contribution in [3.8, 4) is 0 Å². The molecule has 0 aliphatic heterocycles. The smallest absolute Gasteiger partial charge is 0.177 e. The van der Waals surface area contributed by atoms with Gasteiger partial charge < -0.3 is 5.23 Å². The molecule has 0 bridgehead atoms. The highest BCUT2D eigenvalue weighted by Crippen LogP contribution is 2.13. The highest BCUT2D eigenvalue weighted by atomic mass is 32.1. The lowest BCUT2D eigenvalue weighted by molar-refractivity contribution is 0.587. The van der Waals surface area contributed by atoms with E-state index in [1.54, 1.807) is 0 Å². The third-order valence-electron chi connectivity index (χ3n) is 2.25. The number of unbranched alkanes of at least 4 members (excludes halogenated alkanes) is 3. The largest absolute Gasteiger partial charge is 0.366 e. The van der Waals surface area contributed by atoms with E-state index in [1.807, 2.05) is 0 Å². The molecule has 1 unspecified atom stereocenters. The molecule has 76 valence electrons. The minimum Gasteiger partial charge on any atom is -0.366 e. The van der Waals surface area contributed by atoms with E-state index in [2.05, 4.69) is 24.8 Å². The maximum Gasteiger partial charge on any atom is 0.177 e. The van der Waals surface area contributed by atoms with E-state index in [0.717, 1.165) is 13.0 Å². The zero-order chi connectivity index (χ0) is 9.94. The van der Waals surface area contributed by atoms with Crippen LogP contribution in [-0.4, -0.2) is 19.8 Å². The lowest BCUT2D eigenvalue weighted by Gasteiger charge is -2.09. The fraction of sp³-hybridized carbons (Fsp3) is 1.00. The second-order valence-corrected chi connectivity index (χ2v) is 4.33. The Kier molecular flexibility index (Phi) is 10.8. The quantitative estimate of drug-likeness (QED) is 0.330. The van der Waals surface area contributed by atoms with Crippen molar-refractivity contribution in [1.29, 1.82) is 0 Å². The van der Waals surface area contributed by atoms with Crippen LogP contribution < -0.4 is 5.23 Å². The molecular weight excluding hydrogens is 177 g/mol. The number of hydrogen-bond donors (Lipinski definition) is 2. The highest BCUT2D eigenvalue weighted by molar-refractivity contribution is 7.80. The molecule has 0 rings (SSSR count). The predicted molar refractivity (Wildman–Crippen MR) is 64.5 cm³/mol. The van der Waals surface area contributed by atoms with Crippen LogP contribution in [0.25, 0.3) is 0 Å². The third kappa shape index (κ3) is 10.3. The predicted octanol–water partition coefficient (Wildman–Crippen LogP) is 2.71. The van der Waals surface area contributed by atoms with Crippen LogP contribution in [0.15, 0.2) is 0 Å². The van der Waals surface area contributed by atoms with E-state index in [1.165, 1.54) is 38.5 Å². The summed E-state index contributed by atoms with van der Waals surface area (Å²) in [5.74, 6) is 0. The van der Waals surface area contributed by atoms with Gasteiger partial charge in [-0.25, -0.2) is 0 Å². The topological polar surface area (TPSA) is 12.0 Å². The summed E-state index contributed by atoms with van der Waals surface area (Å²) in [5.41, 5.74) is 0. The summed E-state index contributed by atoms with van der Waals surface area (Å²) in [6.07, 6.45) is 8.95. The standard InChI is InChI=1S/C10H22BNS/c1-2-3-4-5-7-10(13)8-6-9-12-11/h10,12-13H,2-9H2,1H3. The van der Waals surface area contributed by atoms with Gasteiger partial charge in [0.15, 0.2) is 7.98 Å². The Hall–Kier alpha value is 0.375. The van der Waals surface area contributed by atoms with Crippen molar-refractivity contribution in [3.05, 3.63) is 0 Å². The lowest BCUT2D eigenvalue weighted by Crippen LogP contribution is -2.11. The van der Waals surface area contributed by atoms with Gasteiger partial charge in [-0.15, -0.1) is 0 Å². The zero-order valence-corrected chi connectivity index (χ0v) is 9.65. The van der Waals surface area contributed by atoms with E-state index in [4.69, 9.17) is 7.98 Å². The second kappa shape index (κ2) is 10.5. The van der Waals surface area contributed by atoms with E-state index in [0.29, 0.717) is 5.25 Å². The Labute approximate surface area is 89.9 Å². The molecule has 0 aromatic heterocycles. The van der Waals surface area contributed by atoms with Crippen molar-refractivity contribution >= 4 is 20.6 Å². The van der Waals surface area contributed by atoms with Crippen LogP contribution in [0.4, 0.5) is 0 Å². The Morgan fingerprint density at radius 2 is 1.85 bits per heavy atom. The van der Waals surface area contributed by atoms with Gasteiger partial charge in [0.1, 0.15) is 0 Å². The summed E-state index contributed by atoms with van der Waals surface area (Å²) >= 11 is 4.54. The normalized spacial score (nSPS) is 13.1. The molecule has 0 saturated heterocycles. The second-order valence-electron chi connectivity index (χ2n) is 3.60. The average Bonchev–Trinajstić information content (AvgIpc) is 2.13. The molecule has 0 heterocycles. The van der Waals surface area contributed by atoms with Crippen LogP contribution in [0.5, 0.6) is 0 Å². The molecule has 1 atom stereocenters. The average molecular weight is 199 g/mol. The Balaban J connectivity index is 3.05. The van der Waals surface area contributed by atoms with Gasteiger partial charge in [-0.05, 0) is 25.8 Å². The molecule has 1 N–H and O–H groups in total. The molecule has 0 aliphatic carbocycles. The number of thiol groups is 1. The van der Waals surface area contributed by atoms with Crippen LogP contribution in [0.1, 0.15) is 51.9 Å². The van der Waals surface area contributed by atoms with Crippen molar-refractivity contribution in [2.24, 2.45) is 0 Å². The van der Waals surface area contributed by atoms with Crippen LogP contribution in [0, 0.1) is 0 Å². The van der Waals surface area contributed by atoms with Crippen LogP contribution in [-0.2, 0) is 0 Å². The molecule has 0 aromatic rings. The van der Waals surface area contributed by atoms with Gasteiger partial charge in [0.05, 0.1) is 0 Å².